The standard InChI is InChI=1S/C20H23ClN8O/c1-27-17-8-18(28-6-7-29(23)15(9-22)12-28)24-11-16(17)19(26-27)20(30)25-10-13-2-4-14(21)5-3-13/h2-5,8-9,11H,6-7,10,12,22-23H2,1H3,(H,25,30)/b15-9-. The van der Waals surface area contributed by atoms with E-state index in [1.54, 1.807) is 28.0 Å². The first-order valence-electron chi connectivity index (χ1n) is 9.49. The van der Waals surface area contributed by atoms with Crippen LogP contribution in [0.2, 0.25) is 5.02 Å². The second-order valence-electron chi connectivity index (χ2n) is 7.11. The highest BCUT2D eigenvalue weighted by molar-refractivity contribution is 6.30. The molecule has 3 aromatic rings. The number of fused-ring (bicyclic) bond motifs is 1. The van der Waals surface area contributed by atoms with Gasteiger partial charge in [-0.1, -0.05) is 23.7 Å². The molecular formula is C20H23ClN8O. The van der Waals surface area contributed by atoms with E-state index in [0.29, 0.717) is 35.7 Å². The van der Waals surface area contributed by atoms with E-state index < -0.39 is 0 Å². The van der Waals surface area contributed by atoms with Crippen molar-refractivity contribution in [2.24, 2.45) is 18.6 Å². The summed E-state index contributed by atoms with van der Waals surface area (Å²) in [7, 11) is 1.81. The van der Waals surface area contributed by atoms with Crippen molar-refractivity contribution in [3.63, 3.8) is 0 Å². The lowest BCUT2D eigenvalue weighted by Crippen LogP contribution is -2.48. The van der Waals surface area contributed by atoms with Crippen LogP contribution < -0.4 is 21.8 Å². The molecule has 2 aromatic heterocycles. The third kappa shape index (κ3) is 3.89. The van der Waals surface area contributed by atoms with Crippen LogP contribution >= 0.6 is 11.6 Å². The zero-order valence-corrected chi connectivity index (χ0v) is 17.3. The first kappa shape index (κ1) is 20.0. The first-order valence-corrected chi connectivity index (χ1v) is 9.87. The Morgan fingerprint density at radius 3 is 2.80 bits per heavy atom. The number of aryl methyl sites for hydroxylation is 1. The monoisotopic (exact) mass is 426 g/mol. The molecule has 1 aromatic carbocycles. The van der Waals surface area contributed by atoms with Gasteiger partial charge in [0, 0.05) is 43.6 Å². The lowest BCUT2D eigenvalue weighted by molar-refractivity contribution is 0.0946. The van der Waals surface area contributed by atoms with Crippen LogP contribution in [-0.4, -0.2) is 45.3 Å². The highest BCUT2D eigenvalue weighted by Gasteiger charge is 2.22. The number of rotatable bonds is 4. The fourth-order valence-corrected chi connectivity index (χ4v) is 3.56. The van der Waals surface area contributed by atoms with Gasteiger partial charge in [0.2, 0.25) is 0 Å². The fourth-order valence-electron chi connectivity index (χ4n) is 3.43. The van der Waals surface area contributed by atoms with Gasteiger partial charge >= 0.3 is 0 Å². The third-order valence-corrected chi connectivity index (χ3v) is 5.40. The Hall–Kier alpha value is -3.30. The molecule has 10 heteroatoms. The van der Waals surface area contributed by atoms with Crippen molar-refractivity contribution in [2.75, 3.05) is 24.5 Å². The Morgan fingerprint density at radius 1 is 1.30 bits per heavy atom. The number of halogens is 1. The summed E-state index contributed by atoms with van der Waals surface area (Å²) in [6, 6.07) is 9.26. The Bertz CT molecular complexity index is 1110. The average molecular weight is 427 g/mol. The Labute approximate surface area is 178 Å². The van der Waals surface area contributed by atoms with Crippen molar-refractivity contribution in [3.8, 4) is 0 Å². The van der Waals surface area contributed by atoms with Gasteiger partial charge in [0.05, 0.1) is 29.7 Å². The van der Waals surface area contributed by atoms with Gasteiger partial charge < -0.3 is 21.0 Å². The van der Waals surface area contributed by atoms with Crippen molar-refractivity contribution in [1.29, 1.82) is 0 Å². The highest BCUT2D eigenvalue weighted by Crippen LogP contribution is 2.24. The summed E-state index contributed by atoms with van der Waals surface area (Å²) in [6.07, 6.45) is 3.20. The molecule has 9 nitrogen and oxygen atoms in total. The van der Waals surface area contributed by atoms with Gasteiger partial charge in [-0.15, -0.1) is 0 Å². The smallest absolute Gasteiger partial charge is 0.272 e. The Balaban J connectivity index is 1.54. The minimum absolute atomic E-state index is 0.254. The van der Waals surface area contributed by atoms with Crippen LogP contribution in [0.25, 0.3) is 10.9 Å². The molecule has 0 spiro atoms. The van der Waals surface area contributed by atoms with Crippen molar-refractivity contribution in [3.05, 3.63) is 64.7 Å². The van der Waals surface area contributed by atoms with Crippen molar-refractivity contribution in [2.45, 2.75) is 6.54 Å². The number of hydrazine groups is 1. The Kier molecular flexibility index (Phi) is 5.47. The van der Waals surface area contributed by atoms with E-state index in [1.807, 2.05) is 25.2 Å². The predicted octanol–water partition coefficient (Wildman–Crippen LogP) is 1.35. The fraction of sp³-hybridized carbons (Fsp3) is 0.250. The maximum absolute atomic E-state index is 12.7. The number of nitrogens with zero attached hydrogens (tertiary/aromatic N) is 5. The van der Waals surface area contributed by atoms with E-state index in [-0.39, 0.29) is 5.91 Å². The molecule has 1 saturated heterocycles. The predicted molar refractivity (Wildman–Crippen MR) is 117 cm³/mol. The van der Waals surface area contributed by atoms with Crippen LogP contribution in [-0.2, 0) is 13.6 Å². The molecular weight excluding hydrogens is 404 g/mol. The van der Waals surface area contributed by atoms with Crippen LogP contribution in [0.15, 0.2) is 48.4 Å². The molecule has 1 aliphatic rings. The van der Waals surface area contributed by atoms with Gasteiger partial charge in [-0.25, -0.2) is 10.8 Å². The lowest BCUT2D eigenvalue weighted by atomic mass is 10.2. The molecule has 1 amide bonds. The molecule has 0 unspecified atom stereocenters. The molecule has 30 heavy (non-hydrogen) atoms. The van der Waals surface area contributed by atoms with Gasteiger partial charge in [0.1, 0.15) is 5.82 Å². The number of amides is 1. The van der Waals surface area contributed by atoms with Crippen LogP contribution in [0.5, 0.6) is 0 Å². The Morgan fingerprint density at radius 2 is 2.07 bits per heavy atom. The van der Waals surface area contributed by atoms with Crippen LogP contribution in [0.1, 0.15) is 16.1 Å². The number of nitrogens with one attached hydrogen (secondary N) is 1. The number of carbonyl (C=O) groups is 1. The van der Waals surface area contributed by atoms with E-state index in [1.165, 1.54) is 6.20 Å². The van der Waals surface area contributed by atoms with Crippen molar-refractivity contribution < 1.29 is 4.79 Å². The quantitative estimate of drug-likeness (QED) is 0.539. The van der Waals surface area contributed by atoms with Crippen LogP contribution in [0.3, 0.4) is 0 Å². The first-order chi connectivity index (χ1) is 14.5. The molecule has 0 radical (unpaired) electrons. The minimum atomic E-state index is -0.254. The largest absolute Gasteiger partial charge is 0.403 e. The highest BCUT2D eigenvalue weighted by atomic mass is 35.5. The van der Waals surface area contributed by atoms with Gasteiger partial charge in [0.15, 0.2) is 5.69 Å². The summed E-state index contributed by atoms with van der Waals surface area (Å²) in [6.45, 7) is 2.32. The number of carbonyl (C=O) groups excluding carboxylic acids is 1. The van der Waals surface area contributed by atoms with Crippen LogP contribution in [0.4, 0.5) is 5.82 Å². The summed E-state index contributed by atoms with van der Waals surface area (Å²) in [4.78, 5) is 19.4. The molecule has 3 heterocycles. The molecule has 0 saturated carbocycles. The third-order valence-electron chi connectivity index (χ3n) is 5.15. The lowest BCUT2D eigenvalue weighted by Gasteiger charge is -2.35. The average Bonchev–Trinajstić information content (AvgIpc) is 3.09. The zero-order valence-electron chi connectivity index (χ0n) is 16.5. The molecule has 1 fully saturated rings. The second kappa shape index (κ2) is 8.21. The number of piperazine rings is 1. The number of benzene rings is 1. The van der Waals surface area contributed by atoms with Gasteiger partial charge in [-0.3, -0.25) is 9.48 Å². The molecule has 156 valence electrons. The number of nitrogens with two attached hydrogens (primary N) is 2. The molecule has 0 bridgehead atoms. The number of hydrogen-bond donors (Lipinski definition) is 3. The number of hydrogen-bond acceptors (Lipinski definition) is 7. The van der Waals surface area contributed by atoms with E-state index in [4.69, 9.17) is 23.2 Å². The van der Waals surface area contributed by atoms with E-state index in [2.05, 4.69) is 20.3 Å². The van der Waals surface area contributed by atoms with Crippen molar-refractivity contribution in [1.82, 2.24) is 25.1 Å². The summed E-state index contributed by atoms with van der Waals surface area (Å²) in [5, 5.41) is 10.3. The van der Waals surface area contributed by atoms with Gasteiger partial charge in [0.25, 0.3) is 5.91 Å². The van der Waals surface area contributed by atoms with Gasteiger partial charge in [-0.05, 0) is 17.7 Å². The zero-order chi connectivity index (χ0) is 21.3. The van der Waals surface area contributed by atoms with Crippen LogP contribution in [0, 0.1) is 0 Å². The maximum atomic E-state index is 12.7. The van der Waals surface area contributed by atoms with Crippen molar-refractivity contribution >= 4 is 34.2 Å². The molecule has 1 aliphatic heterocycles. The molecule has 4 rings (SSSR count). The van der Waals surface area contributed by atoms with Gasteiger partial charge in [-0.2, -0.15) is 5.10 Å². The number of pyridine rings is 1. The van der Waals surface area contributed by atoms with E-state index in [0.717, 1.165) is 29.1 Å². The summed E-state index contributed by atoms with van der Waals surface area (Å²) in [5.41, 5.74) is 8.62. The summed E-state index contributed by atoms with van der Waals surface area (Å²) < 4.78 is 1.69. The molecule has 0 atom stereocenters. The summed E-state index contributed by atoms with van der Waals surface area (Å²) >= 11 is 5.90. The topological polar surface area (TPSA) is 118 Å². The summed E-state index contributed by atoms with van der Waals surface area (Å²) in [5.74, 6) is 6.46. The molecule has 0 aliphatic carbocycles. The maximum Gasteiger partial charge on any atom is 0.272 e. The SMILES string of the molecule is Cn1nc(C(=O)NCc2ccc(Cl)cc2)c2cnc(N3CCN(N)/C(=C\N)C3)cc21. The van der Waals surface area contributed by atoms with E-state index >= 15 is 0 Å². The minimum Gasteiger partial charge on any atom is -0.403 e. The molecule has 5 N–H and O–H groups in total. The second-order valence-corrected chi connectivity index (χ2v) is 7.55. The number of anilines is 1. The number of aromatic nitrogens is 3. The van der Waals surface area contributed by atoms with E-state index in [9.17, 15) is 4.79 Å². The normalized spacial score (nSPS) is 15.8.